The Balaban J connectivity index is 2.14. The number of hydrogen-bond acceptors (Lipinski definition) is 7. The molecule has 3 atom stereocenters. The van der Waals surface area contributed by atoms with Crippen LogP contribution in [0.15, 0.2) is 41.3 Å². The Bertz CT molecular complexity index is 1130. The predicted molar refractivity (Wildman–Crippen MR) is 141 cm³/mol. The lowest BCUT2D eigenvalue weighted by molar-refractivity contribution is -0.143. The molecule has 198 valence electrons. The average molecular weight is 538 g/mol. The SMILES string of the molecule is CCCCS[C@@H]1C[C@@H](c2cc(OC)c(OC)c(OC)c2)N(S(=O)(=O)c2ccc(C)cc2)C[C@H]1C(=O)O. The van der Waals surface area contributed by atoms with Crippen molar-refractivity contribution in [1.82, 2.24) is 4.31 Å². The third-order valence-corrected chi connectivity index (χ3v) is 9.84. The van der Waals surface area contributed by atoms with Gasteiger partial charge in [-0.05, 0) is 55.3 Å². The van der Waals surface area contributed by atoms with Crippen molar-refractivity contribution in [3.8, 4) is 17.2 Å². The third-order valence-electron chi connectivity index (χ3n) is 6.48. The van der Waals surface area contributed by atoms with Gasteiger partial charge in [0.15, 0.2) is 11.5 Å². The van der Waals surface area contributed by atoms with Crippen LogP contribution in [-0.2, 0) is 14.8 Å². The summed E-state index contributed by atoms with van der Waals surface area (Å²) in [6, 6.07) is 9.49. The molecule has 0 saturated carbocycles. The molecule has 0 bridgehead atoms. The molecule has 0 aliphatic carbocycles. The van der Waals surface area contributed by atoms with Crippen molar-refractivity contribution < 1.29 is 32.5 Å². The van der Waals surface area contributed by atoms with E-state index >= 15 is 0 Å². The van der Waals surface area contributed by atoms with E-state index in [4.69, 9.17) is 14.2 Å². The van der Waals surface area contributed by atoms with Crippen LogP contribution < -0.4 is 14.2 Å². The number of hydrogen-bond donors (Lipinski definition) is 1. The first-order valence-electron chi connectivity index (χ1n) is 11.9. The molecule has 2 aromatic carbocycles. The zero-order valence-corrected chi connectivity index (χ0v) is 23.0. The summed E-state index contributed by atoms with van der Waals surface area (Å²) in [4.78, 5) is 12.4. The summed E-state index contributed by atoms with van der Waals surface area (Å²) in [7, 11) is 0.522. The van der Waals surface area contributed by atoms with Crippen molar-refractivity contribution in [2.45, 2.75) is 49.3 Å². The molecule has 1 heterocycles. The molecule has 0 aromatic heterocycles. The van der Waals surface area contributed by atoms with Crippen LogP contribution in [0.25, 0.3) is 0 Å². The van der Waals surface area contributed by atoms with Crippen molar-refractivity contribution in [1.29, 1.82) is 0 Å². The first kappa shape index (κ1) is 28.1. The number of aliphatic carboxylic acids is 1. The molecule has 1 N–H and O–H groups in total. The number of piperidine rings is 1. The topological polar surface area (TPSA) is 102 Å². The molecule has 1 saturated heterocycles. The second-order valence-electron chi connectivity index (χ2n) is 8.81. The monoisotopic (exact) mass is 537 g/mol. The van der Waals surface area contributed by atoms with E-state index in [0.29, 0.717) is 29.2 Å². The zero-order chi connectivity index (χ0) is 26.5. The second-order valence-corrected chi connectivity index (χ2v) is 12.0. The number of rotatable bonds is 11. The fourth-order valence-electron chi connectivity index (χ4n) is 4.45. The van der Waals surface area contributed by atoms with Gasteiger partial charge in [-0.2, -0.15) is 16.1 Å². The van der Waals surface area contributed by atoms with Crippen LogP contribution in [0.3, 0.4) is 0 Å². The van der Waals surface area contributed by atoms with Gasteiger partial charge in [0.2, 0.25) is 15.8 Å². The van der Waals surface area contributed by atoms with Gasteiger partial charge < -0.3 is 19.3 Å². The summed E-state index contributed by atoms with van der Waals surface area (Å²) < 4.78 is 45.6. The summed E-state index contributed by atoms with van der Waals surface area (Å²) in [5.74, 6) is 0.231. The highest BCUT2D eigenvalue weighted by Crippen LogP contribution is 2.46. The molecule has 1 fully saturated rings. The highest BCUT2D eigenvalue weighted by Gasteiger charge is 2.45. The largest absolute Gasteiger partial charge is 0.493 e. The Morgan fingerprint density at radius 1 is 1.08 bits per heavy atom. The van der Waals surface area contributed by atoms with Crippen molar-refractivity contribution in [3.05, 3.63) is 47.5 Å². The van der Waals surface area contributed by atoms with Gasteiger partial charge in [-0.15, -0.1) is 0 Å². The lowest BCUT2D eigenvalue weighted by atomic mass is 9.90. The minimum absolute atomic E-state index is 0.128. The molecule has 0 spiro atoms. The number of unbranched alkanes of at least 4 members (excludes halogenated alkanes) is 1. The van der Waals surface area contributed by atoms with Crippen LogP contribution >= 0.6 is 11.8 Å². The quantitative estimate of drug-likeness (QED) is 0.410. The van der Waals surface area contributed by atoms with Crippen LogP contribution in [0.5, 0.6) is 17.2 Å². The number of aryl methyl sites for hydroxylation is 1. The molecule has 0 unspecified atom stereocenters. The molecule has 1 aliphatic heterocycles. The lowest BCUT2D eigenvalue weighted by Gasteiger charge is -2.42. The molecule has 0 amide bonds. The Morgan fingerprint density at radius 3 is 2.19 bits per heavy atom. The number of carboxylic acid groups (broad SMARTS) is 1. The van der Waals surface area contributed by atoms with E-state index in [9.17, 15) is 18.3 Å². The highest BCUT2D eigenvalue weighted by molar-refractivity contribution is 7.99. The van der Waals surface area contributed by atoms with E-state index in [2.05, 4.69) is 6.92 Å². The average Bonchev–Trinajstić information content (AvgIpc) is 2.87. The van der Waals surface area contributed by atoms with Crippen LogP contribution in [0.4, 0.5) is 0 Å². The van der Waals surface area contributed by atoms with Crippen LogP contribution in [0, 0.1) is 12.8 Å². The standard InChI is InChI=1S/C26H35NO7S2/c1-6-7-12-35-24-15-21(18-13-22(32-3)25(34-5)23(14-18)33-4)27(16-20(24)26(28)29)36(30,31)19-10-8-17(2)9-11-19/h8-11,13-14,20-21,24H,6-7,12,15-16H2,1-5H3,(H,28,29)/t20-,21+,24-/m1/s1. The normalized spacial score (nSPS) is 20.6. The smallest absolute Gasteiger partial charge is 0.308 e. The lowest BCUT2D eigenvalue weighted by Crippen LogP contribution is -2.49. The van der Waals surface area contributed by atoms with Crippen LogP contribution in [-0.4, -0.2) is 62.7 Å². The highest BCUT2D eigenvalue weighted by atomic mass is 32.2. The number of methoxy groups -OCH3 is 3. The first-order chi connectivity index (χ1) is 17.2. The fraction of sp³-hybridized carbons (Fsp3) is 0.500. The molecule has 2 aromatic rings. The summed E-state index contributed by atoms with van der Waals surface area (Å²) in [6.45, 7) is 3.84. The molecular formula is C26H35NO7S2. The van der Waals surface area contributed by atoms with Crippen molar-refractivity contribution in [2.24, 2.45) is 5.92 Å². The summed E-state index contributed by atoms with van der Waals surface area (Å²) in [5, 5.41) is 9.81. The Morgan fingerprint density at radius 2 is 1.69 bits per heavy atom. The zero-order valence-electron chi connectivity index (χ0n) is 21.4. The van der Waals surface area contributed by atoms with Gasteiger partial charge in [-0.25, -0.2) is 8.42 Å². The van der Waals surface area contributed by atoms with Crippen molar-refractivity contribution >= 4 is 27.8 Å². The van der Waals surface area contributed by atoms with Gasteiger partial charge >= 0.3 is 5.97 Å². The van der Waals surface area contributed by atoms with E-state index in [0.717, 1.165) is 24.2 Å². The van der Waals surface area contributed by atoms with Crippen molar-refractivity contribution in [3.63, 3.8) is 0 Å². The number of carbonyl (C=O) groups is 1. The van der Waals surface area contributed by atoms with E-state index in [-0.39, 0.29) is 16.7 Å². The molecule has 8 nitrogen and oxygen atoms in total. The number of thioether (sulfide) groups is 1. The number of nitrogens with zero attached hydrogens (tertiary/aromatic N) is 1. The fourth-order valence-corrected chi connectivity index (χ4v) is 7.61. The minimum atomic E-state index is -4.00. The number of carboxylic acids is 1. The van der Waals surface area contributed by atoms with Crippen LogP contribution in [0.2, 0.25) is 0 Å². The van der Waals surface area contributed by atoms with Gasteiger partial charge in [0.1, 0.15) is 0 Å². The second kappa shape index (κ2) is 12.2. The predicted octanol–water partition coefficient (Wildman–Crippen LogP) is 4.76. The Kier molecular flexibility index (Phi) is 9.54. The van der Waals surface area contributed by atoms with E-state index in [1.807, 2.05) is 6.92 Å². The molecular weight excluding hydrogens is 502 g/mol. The number of sulfonamides is 1. The molecule has 36 heavy (non-hydrogen) atoms. The van der Waals surface area contributed by atoms with Crippen LogP contribution in [0.1, 0.15) is 43.4 Å². The maximum Gasteiger partial charge on any atom is 0.308 e. The Hall–Kier alpha value is -2.43. The molecule has 1 aliphatic rings. The number of ether oxygens (including phenoxy) is 3. The summed E-state index contributed by atoms with van der Waals surface area (Å²) >= 11 is 1.61. The van der Waals surface area contributed by atoms with Gasteiger partial charge in [0.25, 0.3) is 0 Å². The van der Waals surface area contributed by atoms with E-state index in [1.165, 1.54) is 25.6 Å². The molecule has 0 radical (unpaired) electrons. The maximum absolute atomic E-state index is 13.9. The summed E-state index contributed by atoms with van der Waals surface area (Å²) in [5.41, 5.74) is 1.59. The Labute approximate surface area is 218 Å². The third kappa shape index (κ3) is 5.92. The van der Waals surface area contributed by atoms with Gasteiger partial charge in [0.05, 0.1) is 38.2 Å². The van der Waals surface area contributed by atoms with Gasteiger partial charge in [-0.1, -0.05) is 31.0 Å². The minimum Gasteiger partial charge on any atom is -0.493 e. The first-order valence-corrected chi connectivity index (χ1v) is 14.4. The van der Waals surface area contributed by atoms with E-state index in [1.54, 1.807) is 48.2 Å². The van der Waals surface area contributed by atoms with Gasteiger partial charge in [-0.3, -0.25) is 4.79 Å². The number of benzene rings is 2. The van der Waals surface area contributed by atoms with E-state index < -0.39 is 28.0 Å². The molecule has 3 rings (SSSR count). The summed E-state index contributed by atoms with van der Waals surface area (Å²) in [6.07, 6.45) is 2.31. The maximum atomic E-state index is 13.9. The van der Waals surface area contributed by atoms with Crippen molar-refractivity contribution in [2.75, 3.05) is 33.6 Å². The van der Waals surface area contributed by atoms with Gasteiger partial charge in [0, 0.05) is 11.8 Å². The molecule has 10 heteroatoms.